The lowest BCUT2D eigenvalue weighted by Gasteiger charge is -2.11. The Labute approximate surface area is 152 Å². The number of ketones is 2. The minimum atomic E-state index is -4.68. The van der Waals surface area contributed by atoms with Crippen molar-refractivity contribution in [1.29, 1.82) is 0 Å². The van der Waals surface area contributed by atoms with E-state index in [9.17, 15) is 22.8 Å². The molecule has 0 aliphatic rings. The molecular weight excluding hydrogens is 345 g/mol. The summed E-state index contributed by atoms with van der Waals surface area (Å²) in [6.45, 7) is 3.53. The van der Waals surface area contributed by atoms with Gasteiger partial charge in [-0.2, -0.15) is 0 Å². The summed E-state index contributed by atoms with van der Waals surface area (Å²) in [6.07, 6.45) is 2.56. The molecule has 0 unspecified atom stereocenters. The number of carbonyl (C=O) groups is 2. The first-order chi connectivity index (χ1) is 12.3. The minimum absolute atomic E-state index is 0.00795. The highest BCUT2D eigenvalue weighted by molar-refractivity contribution is 6.02. The molecule has 1 aromatic rings. The Balaban J connectivity index is 2.38. The molecule has 0 aliphatic heterocycles. The van der Waals surface area contributed by atoms with Crippen LogP contribution < -0.4 is 4.74 Å². The van der Waals surface area contributed by atoms with E-state index in [1.54, 1.807) is 26.0 Å². The fourth-order valence-electron chi connectivity index (χ4n) is 2.60. The zero-order valence-corrected chi connectivity index (χ0v) is 15.1. The predicted molar refractivity (Wildman–Crippen MR) is 93.9 cm³/mol. The van der Waals surface area contributed by atoms with Crippen molar-refractivity contribution >= 4 is 11.6 Å². The molecule has 0 bridgehead atoms. The Morgan fingerprint density at radius 1 is 1.00 bits per heavy atom. The zero-order valence-electron chi connectivity index (χ0n) is 15.1. The van der Waals surface area contributed by atoms with Crippen molar-refractivity contribution < 1.29 is 27.5 Å². The summed E-state index contributed by atoms with van der Waals surface area (Å²) in [6, 6.07) is 5.79. The van der Waals surface area contributed by atoms with E-state index in [1.165, 1.54) is 12.1 Å². The molecule has 0 aromatic heterocycles. The van der Waals surface area contributed by atoms with Gasteiger partial charge >= 0.3 is 6.36 Å². The van der Waals surface area contributed by atoms with Crippen molar-refractivity contribution in [3.05, 3.63) is 42.0 Å². The van der Waals surface area contributed by atoms with Crippen molar-refractivity contribution in [2.45, 2.75) is 58.7 Å². The Bertz CT molecular complexity index is 588. The van der Waals surface area contributed by atoms with E-state index >= 15 is 0 Å². The van der Waals surface area contributed by atoms with Crippen LogP contribution in [0.2, 0.25) is 0 Å². The van der Waals surface area contributed by atoms with Crippen LogP contribution in [0.1, 0.15) is 51.5 Å². The summed E-state index contributed by atoms with van der Waals surface area (Å²) in [5.74, 6) is -0.752. The van der Waals surface area contributed by atoms with Crippen LogP contribution in [0.4, 0.5) is 13.2 Å². The van der Waals surface area contributed by atoms with Crippen LogP contribution in [0.3, 0.4) is 0 Å². The SMILES string of the molecule is CCC(=O)C(CC/C=C/CCc1ccc(OC(F)(F)F)cc1)C(=O)CC. The molecule has 0 radical (unpaired) electrons. The number of hydrogen-bond acceptors (Lipinski definition) is 3. The fourth-order valence-corrected chi connectivity index (χ4v) is 2.60. The molecule has 6 heteroatoms. The first-order valence-corrected chi connectivity index (χ1v) is 8.82. The van der Waals surface area contributed by atoms with Gasteiger partial charge in [-0.05, 0) is 43.4 Å². The fraction of sp³-hybridized carbons (Fsp3) is 0.500. The van der Waals surface area contributed by atoms with Gasteiger partial charge in [0.15, 0.2) is 0 Å². The first-order valence-electron chi connectivity index (χ1n) is 8.82. The van der Waals surface area contributed by atoms with E-state index in [0.717, 1.165) is 12.0 Å². The van der Waals surface area contributed by atoms with Crippen LogP contribution in [0.25, 0.3) is 0 Å². The molecule has 0 aliphatic carbocycles. The van der Waals surface area contributed by atoms with Crippen LogP contribution in [0, 0.1) is 5.92 Å². The third kappa shape index (κ3) is 8.32. The molecule has 0 heterocycles. The second-order valence-electron chi connectivity index (χ2n) is 5.97. The smallest absolute Gasteiger partial charge is 0.406 e. The van der Waals surface area contributed by atoms with Gasteiger partial charge in [-0.3, -0.25) is 9.59 Å². The molecule has 1 aromatic carbocycles. The summed E-state index contributed by atoms with van der Waals surface area (Å²) < 4.78 is 40.1. The molecular formula is C20H25F3O3. The van der Waals surface area contributed by atoms with Crippen LogP contribution in [-0.4, -0.2) is 17.9 Å². The number of hydrogen-bond donors (Lipinski definition) is 0. The number of ether oxygens (including phenoxy) is 1. The van der Waals surface area contributed by atoms with Crippen molar-refractivity contribution in [3.63, 3.8) is 0 Å². The van der Waals surface area contributed by atoms with Gasteiger partial charge in [0.25, 0.3) is 0 Å². The standard InChI is InChI=1S/C20H25F3O3/c1-3-18(24)17(19(25)4-2)10-8-6-5-7-9-15-11-13-16(14-12-15)26-20(21,22)23/h5-6,11-14,17H,3-4,7-10H2,1-2H3/b6-5+. The van der Waals surface area contributed by atoms with E-state index in [1.807, 2.05) is 12.2 Å². The van der Waals surface area contributed by atoms with E-state index in [0.29, 0.717) is 32.1 Å². The average molecular weight is 370 g/mol. The summed E-state index contributed by atoms with van der Waals surface area (Å²) >= 11 is 0. The zero-order chi connectivity index (χ0) is 19.6. The van der Waals surface area contributed by atoms with Crippen molar-refractivity contribution in [2.24, 2.45) is 5.92 Å². The molecule has 144 valence electrons. The van der Waals surface area contributed by atoms with Crippen molar-refractivity contribution in [3.8, 4) is 5.75 Å². The lowest BCUT2D eigenvalue weighted by atomic mass is 9.91. The van der Waals surface area contributed by atoms with Crippen molar-refractivity contribution in [2.75, 3.05) is 0 Å². The van der Waals surface area contributed by atoms with Crippen LogP contribution in [0.5, 0.6) is 5.75 Å². The largest absolute Gasteiger partial charge is 0.573 e. The summed E-state index contributed by atoms with van der Waals surface area (Å²) in [4.78, 5) is 23.6. The number of benzene rings is 1. The van der Waals surface area contributed by atoms with Gasteiger partial charge in [-0.1, -0.05) is 38.1 Å². The summed E-state index contributed by atoms with van der Waals surface area (Å²) in [7, 11) is 0. The monoisotopic (exact) mass is 370 g/mol. The maximum atomic E-state index is 12.1. The Morgan fingerprint density at radius 2 is 1.54 bits per heavy atom. The molecule has 1 rings (SSSR count). The van der Waals surface area contributed by atoms with Crippen molar-refractivity contribution in [1.82, 2.24) is 0 Å². The Morgan fingerprint density at radius 3 is 2.04 bits per heavy atom. The minimum Gasteiger partial charge on any atom is -0.406 e. The number of rotatable bonds is 11. The Kier molecular flexibility index (Phi) is 9.10. The van der Waals surface area contributed by atoms with Gasteiger partial charge in [0.2, 0.25) is 0 Å². The summed E-state index contributed by atoms with van der Waals surface area (Å²) in [5, 5.41) is 0. The van der Waals surface area contributed by atoms with Gasteiger partial charge in [0, 0.05) is 12.8 Å². The summed E-state index contributed by atoms with van der Waals surface area (Å²) in [5.41, 5.74) is 0.907. The molecule has 0 fully saturated rings. The lowest BCUT2D eigenvalue weighted by molar-refractivity contribution is -0.274. The highest BCUT2D eigenvalue weighted by Gasteiger charge is 2.30. The van der Waals surface area contributed by atoms with E-state index in [-0.39, 0.29) is 17.3 Å². The van der Waals surface area contributed by atoms with Crippen LogP contribution in [0.15, 0.2) is 36.4 Å². The Hall–Kier alpha value is -2.11. The number of halogens is 3. The quantitative estimate of drug-likeness (QED) is 0.385. The van der Waals surface area contributed by atoms with Crippen LogP contribution >= 0.6 is 0 Å². The lowest BCUT2D eigenvalue weighted by Crippen LogP contribution is -2.22. The normalized spacial score (nSPS) is 11.9. The second kappa shape index (κ2) is 10.8. The highest BCUT2D eigenvalue weighted by Crippen LogP contribution is 2.23. The van der Waals surface area contributed by atoms with Gasteiger partial charge in [0.1, 0.15) is 17.3 Å². The van der Waals surface area contributed by atoms with Crippen LogP contribution in [-0.2, 0) is 16.0 Å². The maximum absolute atomic E-state index is 12.1. The molecule has 0 saturated heterocycles. The third-order valence-electron chi connectivity index (χ3n) is 4.02. The number of carbonyl (C=O) groups excluding carboxylic acids is 2. The molecule has 0 atom stereocenters. The molecule has 3 nitrogen and oxygen atoms in total. The maximum Gasteiger partial charge on any atom is 0.573 e. The highest BCUT2D eigenvalue weighted by atomic mass is 19.4. The van der Waals surface area contributed by atoms with Gasteiger partial charge in [-0.15, -0.1) is 13.2 Å². The first kappa shape index (κ1) is 21.9. The molecule has 0 N–H and O–H groups in total. The molecule has 0 saturated carbocycles. The second-order valence-corrected chi connectivity index (χ2v) is 5.97. The predicted octanol–water partition coefficient (Wildman–Crippen LogP) is 5.43. The van der Waals surface area contributed by atoms with Gasteiger partial charge in [0.05, 0.1) is 5.92 Å². The number of aryl methyl sites for hydroxylation is 1. The third-order valence-corrected chi connectivity index (χ3v) is 4.02. The molecule has 0 spiro atoms. The van der Waals surface area contributed by atoms with E-state index < -0.39 is 12.3 Å². The topological polar surface area (TPSA) is 43.4 Å². The molecule has 26 heavy (non-hydrogen) atoms. The van der Waals surface area contributed by atoms with Gasteiger partial charge in [-0.25, -0.2) is 0 Å². The van der Waals surface area contributed by atoms with Gasteiger partial charge < -0.3 is 4.74 Å². The number of allylic oxidation sites excluding steroid dienone is 2. The van der Waals surface area contributed by atoms with E-state index in [2.05, 4.69) is 4.74 Å². The number of Topliss-reactive ketones (excluding diaryl/α,β-unsaturated/α-hetero) is 2. The number of alkyl halides is 3. The molecule has 0 amide bonds. The van der Waals surface area contributed by atoms with E-state index in [4.69, 9.17) is 0 Å². The average Bonchev–Trinajstić information content (AvgIpc) is 2.60.